The molecule has 0 bridgehead atoms. The first-order valence-electron chi connectivity index (χ1n) is 9.39. The topological polar surface area (TPSA) is 81.6 Å². The van der Waals surface area contributed by atoms with E-state index in [0.717, 1.165) is 54.7 Å². The highest BCUT2D eigenvalue weighted by atomic mass is 32.1. The molecule has 5 rings (SSSR count). The molecule has 2 N–H and O–H groups in total. The first-order chi connectivity index (χ1) is 14.7. The number of nitriles is 1. The molecular weight excluding hydrogens is 392 g/mol. The number of rotatable bonds is 4. The molecule has 30 heavy (non-hydrogen) atoms. The number of carbonyl (C=O) groups is 1. The van der Waals surface area contributed by atoms with E-state index in [1.165, 1.54) is 0 Å². The number of hydrogen-bond donors (Lipinski definition) is 2. The lowest BCUT2D eigenvalue weighted by Gasteiger charge is -2.15. The molecular formula is C24H16N4OS. The highest BCUT2D eigenvalue weighted by molar-refractivity contribution is 7.22. The maximum absolute atomic E-state index is 11.1. The molecule has 0 atom stereocenters. The second-order valence-corrected chi connectivity index (χ2v) is 8.13. The first-order valence-corrected chi connectivity index (χ1v) is 10.2. The van der Waals surface area contributed by atoms with Crippen molar-refractivity contribution in [2.24, 2.45) is 0 Å². The molecule has 0 amide bonds. The van der Waals surface area contributed by atoms with Crippen LogP contribution in [0.2, 0.25) is 0 Å². The van der Waals surface area contributed by atoms with Crippen molar-refractivity contribution >= 4 is 50.0 Å². The third-order valence-electron chi connectivity index (χ3n) is 5.27. The number of fused-ring (bicyclic) bond motifs is 2. The summed E-state index contributed by atoms with van der Waals surface area (Å²) >= 11 is 1.61. The highest BCUT2D eigenvalue weighted by Crippen LogP contribution is 2.40. The number of pyridine rings is 1. The van der Waals surface area contributed by atoms with Crippen LogP contribution in [0.15, 0.2) is 61.1 Å². The van der Waals surface area contributed by atoms with Crippen molar-refractivity contribution in [3.8, 4) is 16.5 Å². The van der Waals surface area contributed by atoms with Gasteiger partial charge in [-0.3, -0.25) is 9.78 Å². The van der Waals surface area contributed by atoms with Gasteiger partial charge in [-0.1, -0.05) is 6.07 Å². The fourth-order valence-electron chi connectivity index (χ4n) is 3.69. The zero-order valence-corrected chi connectivity index (χ0v) is 16.9. The smallest absolute Gasteiger partial charge is 0.150 e. The molecule has 3 aromatic heterocycles. The second-order valence-electron chi connectivity index (χ2n) is 7.05. The number of aryl methyl sites for hydroxylation is 1. The quantitative estimate of drug-likeness (QED) is 0.348. The summed E-state index contributed by atoms with van der Waals surface area (Å²) in [4.78, 5) is 19.6. The number of anilines is 2. The van der Waals surface area contributed by atoms with Gasteiger partial charge in [-0.2, -0.15) is 5.26 Å². The Hall–Kier alpha value is -3.95. The van der Waals surface area contributed by atoms with E-state index >= 15 is 0 Å². The van der Waals surface area contributed by atoms with Gasteiger partial charge in [-0.25, -0.2) is 0 Å². The van der Waals surface area contributed by atoms with Crippen molar-refractivity contribution in [3.63, 3.8) is 0 Å². The Balaban J connectivity index is 1.66. The number of nitrogens with zero attached hydrogens (tertiary/aromatic N) is 2. The number of nitrogens with one attached hydrogen (secondary N) is 2. The Morgan fingerprint density at radius 2 is 2.07 bits per heavy atom. The van der Waals surface area contributed by atoms with Crippen LogP contribution in [-0.2, 0) is 0 Å². The summed E-state index contributed by atoms with van der Waals surface area (Å²) in [7, 11) is 0. The molecule has 0 saturated heterocycles. The largest absolute Gasteiger partial charge is 0.361 e. The van der Waals surface area contributed by atoms with Crippen LogP contribution in [0.5, 0.6) is 0 Å². The summed E-state index contributed by atoms with van der Waals surface area (Å²) in [5.74, 6) is 0. The molecule has 0 unspecified atom stereocenters. The SMILES string of the molecule is Cc1c(Nc2c(C#N)cncc2-c2cc3cc(C=O)ccc3s2)ccc2[nH]ccc12. The van der Waals surface area contributed by atoms with Gasteiger partial charge >= 0.3 is 0 Å². The van der Waals surface area contributed by atoms with E-state index < -0.39 is 0 Å². The van der Waals surface area contributed by atoms with Crippen LogP contribution in [-0.4, -0.2) is 16.3 Å². The lowest BCUT2D eigenvalue weighted by molar-refractivity contribution is 0.112. The monoisotopic (exact) mass is 408 g/mol. The number of H-pyrrole nitrogens is 1. The summed E-state index contributed by atoms with van der Waals surface area (Å²) in [5.41, 5.74) is 5.83. The Morgan fingerprint density at radius 1 is 1.17 bits per heavy atom. The molecule has 5 aromatic rings. The molecule has 6 heteroatoms. The maximum Gasteiger partial charge on any atom is 0.150 e. The fraction of sp³-hybridized carbons (Fsp3) is 0.0417. The van der Waals surface area contributed by atoms with Crippen LogP contribution in [0.25, 0.3) is 31.4 Å². The van der Waals surface area contributed by atoms with Gasteiger partial charge < -0.3 is 10.3 Å². The summed E-state index contributed by atoms with van der Waals surface area (Å²) in [6, 6.07) is 16.0. The minimum atomic E-state index is 0.479. The molecule has 0 radical (unpaired) electrons. The zero-order valence-electron chi connectivity index (χ0n) is 16.1. The first kappa shape index (κ1) is 18.1. The number of aromatic amines is 1. The number of benzene rings is 2. The molecule has 0 aliphatic rings. The van der Waals surface area contributed by atoms with Crippen LogP contribution >= 0.6 is 11.3 Å². The summed E-state index contributed by atoms with van der Waals surface area (Å²) in [6.07, 6.45) is 6.12. The number of aldehydes is 1. The van der Waals surface area contributed by atoms with Gasteiger partial charge in [0.05, 0.1) is 11.3 Å². The van der Waals surface area contributed by atoms with E-state index in [0.29, 0.717) is 11.1 Å². The van der Waals surface area contributed by atoms with Crippen molar-refractivity contribution in [2.75, 3.05) is 5.32 Å². The molecule has 5 nitrogen and oxygen atoms in total. The summed E-state index contributed by atoms with van der Waals surface area (Å²) in [5, 5.41) is 15.3. The van der Waals surface area contributed by atoms with Crippen molar-refractivity contribution < 1.29 is 4.79 Å². The van der Waals surface area contributed by atoms with Crippen molar-refractivity contribution in [2.45, 2.75) is 6.92 Å². The molecule has 144 valence electrons. The van der Waals surface area contributed by atoms with Crippen molar-refractivity contribution in [1.29, 1.82) is 5.26 Å². The van der Waals surface area contributed by atoms with E-state index in [1.54, 1.807) is 23.7 Å². The van der Waals surface area contributed by atoms with Gasteiger partial charge in [-0.05, 0) is 54.3 Å². The molecule has 0 saturated carbocycles. The van der Waals surface area contributed by atoms with E-state index in [1.807, 2.05) is 48.7 Å². The van der Waals surface area contributed by atoms with Crippen molar-refractivity contribution in [3.05, 3.63) is 77.7 Å². The number of thiophene rings is 1. The van der Waals surface area contributed by atoms with E-state index in [-0.39, 0.29) is 0 Å². The van der Waals surface area contributed by atoms with Crippen LogP contribution in [0, 0.1) is 18.3 Å². The number of carbonyl (C=O) groups excluding carboxylic acids is 1. The van der Waals surface area contributed by atoms with Gasteiger partial charge in [0.25, 0.3) is 0 Å². The lowest BCUT2D eigenvalue weighted by atomic mass is 10.1. The summed E-state index contributed by atoms with van der Waals surface area (Å²) < 4.78 is 1.08. The maximum atomic E-state index is 11.1. The van der Waals surface area contributed by atoms with E-state index in [9.17, 15) is 10.1 Å². The third-order valence-corrected chi connectivity index (χ3v) is 6.42. The predicted molar refractivity (Wildman–Crippen MR) is 121 cm³/mol. The number of hydrogen-bond acceptors (Lipinski definition) is 5. The molecule has 0 spiro atoms. The van der Waals surface area contributed by atoms with Gasteiger partial charge in [0.15, 0.2) is 0 Å². The molecule has 3 heterocycles. The van der Waals surface area contributed by atoms with E-state index in [2.05, 4.69) is 28.3 Å². The van der Waals surface area contributed by atoms with Gasteiger partial charge in [0.1, 0.15) is 12.4 Å². The van der Waals surface area contributed by atoms with Crippen LogP contribution < -0.4 is 5.32 Å². The highest BCUT2D eigenvalue weighted by Gasteiger charge is 2.16. The van der Waals surface area contributed by atoms with Crippen LogP contribution in [0.1, 0.15) is 21.5 Å². The Morgan fingerprint density at radius 3 is 2.90 bits per heavy atom. The van der Waals surface area contributed by atoms with Crippen molar-refractivity contribution in [1.82, 2.24) is 9.97 Å². The average molecular weight is 408 g/mol. The molecule has 0 fully saturated rings. The molecule has 0 aliphatic heterocycles. The molecule has 0 aliphatic carbocycles. The van der Waals surface area contributed by atoms with Gasteiger partial charge in [-0.15, -0.1) is 11.3 Å². The fourth-order valence-corrected chi connectivity index (χ4v) is 4.75. The normalized spacial score (nSPS) is 10.9. The Bertz CT molecular complexity index is 1470. The minimum Gasteiger partial charge on any atom is -0.361 e. The van der Waals surface area contributed by atoms with E-state index in [4.69, 9.17) is 0 Å². The zero-order chi connectivity index (χ0) is 20.7. The van der Waals surface area contributed by atoms with Crippen LogP contribution in [0.4, 0.5) is 11.4 Å². The predicted octanol–water partition coefficient (Wildman–Crippen LogP) is 6.18. The minimum absolute atomic E-state index is 0.479. The Kier molecular flexibility index (Phi) is 4.31. The third kappa shape index (κ3) is 2.93. The average Bonchev–Trinajstić information content (AvgIpc) is 3.42. The lowest BCUT2D eigenvalue weighted by Crippen LogP contribution is -1.99. The molecule has 2 aromatic carbocycles. The second kappa shape index (κ2) is 7.14. The van der Waals surface area contributed by atoms with Crippen LogP contribution in [0.3, 0.4) is 0 Å². The van der Waals surface area contributed by atoms with Gasteiger partial charge in [0, 0.05) is 55.9 Å². The standard InChI is InChI=1S/C24H16N4OS/c1-14-18-6-7-27-21(18)4-3-20(14)28-24-17(10-25)11-26-12-19(24)23-9-16-8-15(13-29)2-5-22(16)30-23/h2-9,11-13,27H,1H3,(H,26,28). The van der Waals surface area contributed by atoms with Gasteiger partial charge in [0.2, 0.25) is 0 Å². The summed E-state index contributed by atoms with van der Waals surface area (Å²) in [6.45, 7) is 2.06. The Labute approximate surface area is 176 Å². The number of aromatic nitrogens is 2.